The van der Waals surface area contributed by atoms with Crippen LogP contribution in [0.3, 0.4) is 0 Å². The van der Waals surface area contributed by atoms with Crippen molar-refractivity contribution in [2.75, 3.05) is 20.2 Å². The molecule has 0 aromatic carbocycles. The molecule has 0 aliphatic carbocycles. The lowest BCUT2D eigenvalue weighted by Crippen LogP contribution is -2.61. The van der Waals surface area contributed by atoms with Crippen LogP contribution in [-0.4, -0.2) is 49.2 Å². The number of rotatable bonds is 2. The first kappa shape index (κ1) is 13.7. The van der Waals surface area contributed by atoms with Crippen molar-refractivity contribution in [3.8, 4) is 0 Å². The van der Waals surface area contributed by atoms with Crippen LogP contribution in [0.4, 0.5) is 0 Å². The van der Waals surface area contributed by atoms with Gasteiger partial charge in [-0.25, -0.2) is 0 Å². The van der Waals surface area contributed by atoms with Gasteiger partial charge < -0.3 is 15.0 Å². The molecule has 5 heteroatoms. The average Bonchev–Trinajstić information content (AvgIpc) is 2.26. The highest BCUT2D eigenvalue weighted by Gasteiger charge is 2.33. The maximum absolute atomic E-state index is 11.9. The number of nitrogens with zero attached hydrogens (tertiary/aromatic N) is 1. The van der Waals surface area contributed by atoms with Gasteiger partial charge >= 0.3 is 0 Å². The van der Waals surface area contributed by atoms with Crippen LogP contribution in [0.15, 0.2) is 0 Å². The molecule has 16 heavy (non-hydrogen) atoms. The summed E-state index contributed by atoms with van der Waals surface area (Å²) in [6.45, 7) is 3.52. The van der Waals surface area contributed by atoms with Crippen molar-refractivity contribution in [2.45, 2.75) is 44.4 Å². The molecule has 3 atom stereocenters. The van der Waals surface area contributed by atoms with E-state index in [1.807, 2.05) is 11.8 Å². The van der Waals surface area contributed by atoms with E-state index < -0.39 is 0 Å². The van der Waals surface area contributed by atoms with E-state index in [-0.39, 0.29) is 24.4 Å². The summed E-state index contributed by atoms with van der Waals surface area (Å²) in [7, 11) is 1.59. The van der Waals surface area contributed by atoms with E-state index >= 15 is 0 Å². The van der Waals surface area contributed by atoms with E-state index in [2.05, 4.69) is 5.32 Å². The number of halogens is 1. The van der Waals surface area contributed by atoms with Crippen molar-refractivity contribution in [3.63, 3.8) is 0 Å². The first-order valence-corrected chi connectivity index (χ1v) is 5.78. The first-order chi connectivity index (χ1) is 7.20. The zero-order valence-electron chi connectivity index (χ0n) is 9.94. The average molecular weight is 249 g/mol. The molecule has 0 aromatic rings. The van der Waals surface area contributed by atoms with Crippen LogP contribution in [0, 0.1) is 0 Å². The lowest BCUT2D eigenvalue weighted by Gasteiger charge is -2.43. The van der Waals surface area contributed by atoms with Gasteiger partial charge in [-0.05, 0) is 19.8 Å². The van der Waals surface area contributed by atoms with Crippen molar-refractivity contribution >= 4 is 18.3 Å². The smallest absolute Gasteiger partial charge is 0.251 e. The Kier molecular flexibility index (Phi) is 5.02. The molecule has 4 nitrogen and oxygen atoms in total. The molecule has 1 amide bonds. The molecule has 2 aliphatic rings. The van der Waals surface area contributed by atoms with Gasteiger partial charge in [-0.2, -0.15) is 0 Å². The fourth-order valence-corrected chi connectivity index (χ4v) is 2.54. The predicted molar refractivity (Wildman–Crippen MR) is 64.9 cm³/mol. The summed E-state index contributed by atoms with van der Waals surface area (Å²) >= 11 is 0. The van der Waals surface area contributed by atoms with Gasteiger partial charge in [0.05, 0.1) is 0 Å². The number of carbonyl (C=O) groups is 1. The summed E-state index contributed by atoms with van der Waals surface area (Å²) in [4.78, 5) is 13.9. The second-order valence-corrected chi connectivity index (χ2v) is 4.61. The molecule has 0 spiro atoms. The minimum Gasteiger partial charge on any atom is -0.372 e. The topological polar surface area (TPSA) is 41.6 Å². The monoisotopic (exact) mass is 248 g/mol. The Balaban J connectivity index is 0.00000128. The van der Waals surface area contributed by atoms with Crippen molar-refractivity contribution in [1.29, 1.82) is 0 Å². The molecule has 94 valence electrons. The van der Waals surface area contributed by atoms with E-state index in [1.54, 1.807) is 7.11 Å². The minimum absolute atomic E-state index is 0. The van der Waals surface area contributed by atoms with Gasteiger partial charge in [0.2, 0.25) is 0 Å². The van der Waals surface area contributed by atoms with Gasteiger partial charge in [-0.15, -0.1) is 12.4 Å². The number of piperidine rings is 1. The first-order valence-electron chi connectivity index (χ1n) is 5.78. The molecule has 3 unspecified atom stereocenters. The molecule has 2 saturated heterocycles. The molecule has 0 saturated carbocycles. The third-order valence-corrected chi connectivity index (χ3v) is 3.47. The van der Waals surface area contributed by atoms with Crippen molar-refractivity contribution < 1.29 is 9.53 Å². The van der Waals surface area contributed by atoms with E-state index in [4.69, 9.17) is 4.74 Å². The summed E-state index contributed by atoms with van der Waals surface area (Å²) in [6.07, 6.45) is 3.39. The van der Waals surface area contributed by atoms with Gasteiger partial charge in [-0.1, -0.05) is 6.42 Å². The lowest BCUT2D eigenvalue weighted by molar-refractivity contribution is -0.143. The predicted octanol–water partition coefficient (Wildman–Crippen LogP) is 0.796. The molecule has 2 aliphatic heterocycles. The summed E-state index contributed by atoms with van der Waals surface area (Å²) in [5.41, 5.74) is 0. The van der Waals surface area contributed by atoms with Gasteiger partial charge in [0, 0.05) is 32.3 Å². The maximum Gasteiger partial charge on any atom is 0.251 e. The van der Waals surface area contributed by atoms with Crippen LogP contribution in [0.25, 0.3) is 0 Å². The largest absolute Gasteiger partial charge is 0.372 e. The van der Waals surface area contributed by atoms with Gasteiger partial charge in [0.15, 0.2) is 0 Å². The van der Waals surface area contributed by atoms with Crippen LogP contribution in [0.1, 0.15) is 26.2 Å². The van der Waals surface area contributed by atoms with Crippen LogP contribution < -0.4 is 5.32 Å². The molecule has 1 N–H and O–H groups in total. The number of amides is 1. The fourth-order valence-electron chi connectivity index (χ4n) is 2.54. The number of ether oxygens (including phenoxy) is 1. The van der Waals surface area contributed by atoms with E-state index in [1.165, 1.54) is 19.3 Å². The van der Waals surface area contributed by atoms with Crippen LogP contribution in [0.2, 0.25) is 0 Å². The highest BCUT2D eigenvalue weighted by atomic mass is 35.5. The Morgan fingerprint density at radius 3 is 2.44 bits per heavy atom. The van der Waals surface area contributed by atoms with Crippen LogP contribution in [0.5, 0.6) is 0 Å². The molecule has 0 radical (unpaired) electrons. The van der Waals surface area contributed by atoms with Crippen LogP contribution >= 0.6 is 12.4 Å². The fraction of sp³-hybridized carbons (Fsp3) is 0.909. The summed E-state index contributed by atoms with van der Waals surface area (Å²) in [5, 5.41) is 3.56. The van der Waals surface area contributed by atoms with Gasteiger partial charge in [-0.3, -0.25) is 4.79 Å². The summed E-state index contributed by atoms with van der Waals surface area (Å²) in [5.74, 6) is 0.135. The minimum atomic E-state index is -0.302. The van der Waals surface area contributed by atoms with Gasteiger partial charge in [0.1, 0.15) is 6.10 Å². The zero-order valence-corrected chi connectivity index (χ0v) is 10.8. The third-order valence-electron chi connectivity index (χ3n) is 3.47. The molecule has 2 rings (SSSR count). The molecule has 2 heterocycles. The van der Waals surface area contributed by atoms with E-state index in [9.17, 15) is 4.79 Å². The molecule has 0 aromatic heterocycles. The van der Waals surface area contributed by atoms with Crippen molar-refractivity contribution in [1.82, 2.24) is 10.2 Å². The summed E-state index contributed by atoms with van der Waals surface area (Å²) in [6, 6.07) is 1.01. The number of carbonyl (C=O) groups excluding carboxylic acids is 1. The highest BCUT2D eigenvalue weighted by molar-refractivity contribution is 5.85. The van der Waals surface area contributed by atoms with Crippen molar-refractivity contribution in [2.24, 2.45) is 0 Å². The molecular formula is C11H21ClN2O2. The SMILES string of the molecule is COC(C)C(=O)N1CC2CCCC(C1)N2.Cl. The summed E-state index contributed by atoms with van der Waals surface area (Å²) < 4.78 is 5.08. The Bertz CT molecular complexity index is 238. The quantitative estimate of drug-likeness (QED) is 0.786. The normalized spacial score (nSPS) is 30.5. The Labute approximate surface area is 103 Å². The lowest BCUT2D eigenvalue weighted by atomic mass is 9.94. The highest BCUT2D eigenvalue weighted by Crippen LogP contribution is 2.20. The standard InChI is InChI=1S/C11H20N2O2.ClH/c1-8(15-2)11(14)13-6-9-4-3-5-10(7-13)12-9;/h8-10,12H,3-7H2,1-2H3;1H. The number of hydrogen-bond donors (Lipinski definition) is 1. The number of piperazine rings is 1. The molecular weight excluding hydrogens is 228 g/mol. The molecule has 2 bridgehead atoms. The Morgan fingerprint density at radius 1 is 1.38 bits per heavy atom. The third kappa shape index (κ3) is 2.87. The maximum atomic E-state index is 11.9. The number of methoxy groups -OCH3 is 1. The van der Waals surface area contributed by atoms with Gasteiger partial charge in [0.25, 0.3) is 5.91 Å². The van der Waals surface area contributed by atoms with E-state index in [0.717, 1.165) is 13.1 Å². The number of hydrogen-bond acceptors (Lipinski definition) is 3. The number of likely N-dealkylation sites (tertiary alicyclic amines) is 1. The number of nitrogens with one attached hydrogen (secondary N) is 1. The Morgan fingerprint density at radius 2 is 1.94 bits per heavy atom. The number of fused-ring (bicyclic) bond motifs is 2. The second kappa shape index (κ2) is 5.84. The Hall–Kier alpha value is -0.320. The van der Waals surface area contributed by atoms with E-state index in [0.29, 0.717) is 12.1 Å². The van der Waals surface area contributed by atoms with Crippen LogP contribution in [-0.2, 0) is 9.53 Å². The zero-order chi connectivity index (χ0) is 10.8. The van der Waals surface area contributed by atoms with Crippen molar-refractivity contribution in [3.05, 3.63) is 0 Å². The second-order valence-electron chi connectivity index (χ2n) is 4.61. The molecule has 2 fully saturated rings.